The van der Waals surface area contributed by atoms with Crippen molar-refractivity contribution in [2.75, 3.05) is 12.6 Å². The number of carbonyl (C=O) groups is 5. The summed E-state index contributed by atoms with van der Waals surface area (Å²) in [5.74, 6) is -2.58. The predicted octanol–water partition coefficient (Wildman–Crippen LogP) is -0.679. The van der Waals surface area contributed by atoms with Crippen molar-refractivity contribution in [2.45, 2.75) is 30.4 Å². The lowest BCUT2D eigenvalue weighted by molar-refractivity contribution is -0.167. The smallest absolute Gasteiger partial charge is 0.335 e. The SMILES string of the molecule is C=C(CCl)C(C(=O)OCN1C(=O)CCC1=O)N1C(=O)C(NC=O)C1Cl. The molecule has 1 N–H and O–H groups in total. The number of β-lactam (4-membered cyclic amide) rings is 1. The minimum absolute atomic E-state index is 0.0572. The molecule has 0 radical (unpaired) electrons. The standard InChI is InChI=1S/C14H15Cl2N3O6/c1-7(4-15)11(19-12(16)10(13(19)23)17-5-20)14(24)25-6-18-8(21)2-3-9(18)22/h5,10-12H,1-4,6H2,(H,17,20). The van der Waals surface area contributed by atoms with Crippen LogP contribution < -0.4 is 5.32 Å². The molecule has 2 aliphatic rings. The minimum Gasteiger partial charge on any atom is -0.442 e. The van der Waals surface area contributed by atoms with E-state index >= 15 is 0 Å². The molecule has 25 heavy (non-hydrogen) atoms. The molecule has 0 aromatic rings. The minimum atomic E-state index is -1.29. The first-order chi connectivity index (χ1) is 11.8. The normalized spacial score (nSPS) is 24.0. The first-order valence-electron chi connectivity index (χ1n) is 7.22. The molecule has 0 aromatic carbocycles. The number of halogens is 2. The Morgan fingerprint density at radius 2 is 1.96 bits per heavy atom. The van der Waals surface area contributed by atoms with Crippen LogP contribution in [0.3, 0.4) is 0 Å². The highest BCUT2D eigenvalue weighted by Gasteiger charge is 2.52. The quantitative estimate of drug-likeness (QED) is 0.111. The number of carbonyl (C=O) groups excluding carboxylic acids is 5. The lowest BCUT2D eigenvalue weighted by Gasteiger charge is -2.46. The number of nitrogens with one attached hydrogen (secondary N) is 1. The molecule has 9 nitrogen and oxygen atoms in total. The van der Waals surface area contributed by atoms with Gasteiger partial charge >= 0.3 is 5.97 Å². The Balaban J connectivity index is 2.07. The highest BCUT2D eigenvalue weighted by Crippen LogP contribution is 2.30. The Bertz CT molecular complexity index is 624. The fourth-order valence-electron chi connectivity index (χ4n) is 2.50. The molecule has 0 spiro atoms. The largest absolute Gasteiger partial charge is 0.442 e. The van der Waals surface area contributed by atoms with E-state index < -0.39 is 48.0 Å². The third-order valence-corrected chi connectivity index (χ3v) is 4.66. The van der Waals surface area contributed by atoms with Gasteiger partial charge in [0.15, 0.2) is 12.8 Å². The summed E-state index contributed by atoms with van der Waals surface area (Å²) in [5.41, 5.74) is -0.848. The highest BCUT2D eigenvalue weighted by atomic mass is 35.5. The number of hydrogen-bond acceptors (Lipinski definition) is 6. The van der Waals surface area contributed by atoms with Crippen LogP contribution in [0.2, 0.25) is 0 Å². The fraction of sp³-hybridized carbons (Fsp3) is 0.500. The van der Waals surface area contributed by atoms with E-state index in [0.717, 1.165) is 9.80 Å². The van der Waals surface area contributed by atoms with E-state index in [1.165, 1.54) is 0 Å². The van der Waals surface area contributed by atoms with Gasteiger partial charge in [0.1, 0.15) is 11.5 Å². The highest BCUT2D eigenvalue weighted by molar-refractivity contribution is 6.27. The Kier molecular flexibility index (Phi) is 6.02. The molecule has 4 amide bonds. The van der Waals surface area contributed by atoms with Crippen LogP contribution in [-0.4, -0.2) is 70.1 Å². The van der Waals surface area contributed by atoms with Crippen molar-refractivity contribution in [1.29, 1.82) is 0 Å². The summed E-state index contributed by atoms with van der Waals surface area (Å²) in [4.78, 5) is 59.8. The zero-order valence-corrected chi connectivity index (χ0v) is 14.5. The molecule has 136 valence electrons. The van der Waals surface area contributed by atoms with Crippen LogP contribution in [0, 0.1) is 0 Å². The molecule has 2 rings (SSSR count). The van der Waals surface area contributed by atoms with Gasteiger partial charge in [0, 0.05) is 18.7 Å². The maximum Gasteiger partial charge on any atom is 0.335 e. The van der Waals surface area contributed by atoms with Gasteiger partial charge in [-0.3, -0.25) is 19.2 Å². The molecule has 2 saturated heterocycles. The van der Waals surface area contributed by atoms with Gasteiger partial charge in [-0.2, -0.15) is 0 Å². The number of ether oxygens (including phenoxy) is 1. The maximum absolute atomic E-state index is 12.4. The van der Waals surface area contributed by atoms with Gasteiger partial charge in [-0.1, -0.05) is 18.2 Å². The van der Waals surface area contributed by atoms with Gasteiger partial charge in [-0.05, 0) is 5.57 Å². The van der Waals surface area contributed by atoms with Gasteiger partial charge < -0.3 is 15.0 Å². The summed E-state index contributed by atoms with van der Waals surface area (Å²) in [6.45, 7) is 3.06. The van der Waals surface area contributed by atoms with Crippen LogP contribution in [-0.2, 0) is 28.7 Å². The van der Waals surface area contributed by atoms with E-state index in [9.17, 15) is 24.0 Å². The molecule has 0 aliphatic carbocycles. The topological polar surface area (TPSA) is 113 Å². The van der Waals surface area contributed by atoms with E-state index in [4.69, 9.17) is 27.9 Å². The van der Waals surface area contributed by atoms with Crippen molar-refractivity contribution in [2.24, 2.45) is 0 Å². The van der Waals surface area contributed by atoms with Gasteiger partial charge in [0.25, 0.3) is 5.91 Å². The molecule has 0 aromatic heterocycles. The van der Waals surface area contributed by atoms with E-state index in [1.807, 2.05) is 0 Å². The summed E-state index contributed by atoms with van der Waals surface area (Å²) in [7, 11) is 0. The van der Waals surface area contributed by atoms with Gasteiger partial charge in [-0.15, -0.1) is 11.6 Å². The van der Waals surface area contributed by atoms with E-state index in [-0.39, 0.29) is 24.3 Å². The fourth-order valence-corrected chi connectivity index (χ4v) is 3.03. The van der Waals surface area contributed by atoms with E-state index in [2.05, 4.69) is 11.9 Å². The first-order valence-corrected chi connectivity index (χ1v) is 8.20. The van der Waals surface area contributed by atoms with Crippen LogP contribution in [0.1, 0.15) is 12.8 Å². The summed E-state index contributed by atoms with van der Waals surface area (Å²) in [5, 5.41) is 2.23. The Morgan fingerprint density at radius 1 is 1.36 bits per heavy atom. The van der Waals surface area contributed by atoms with Crippen molar-refractivity contribution < 1.29 is 28.7 Å². The summed E-state index contributed by atoms with van der Waals surface area (Å²) < 4.78 is 4.98. The molecule has 2 heterocycles. The monoisotopic (exact) mass is 391 g/mol. The van der Waals surface area contributed by atoms with Gasteiger partial charge in [0.05, 0.1) is 0 Å². The van der Waals surface area contributed by atoms with Gasteiger partial charge in [-0.25, -0.2) is 9.69 Å². The Hall–Kier alpha value is -2.13. The second-order valence-corrected chi connectivity index (χ2v) is 6.10. The second-order valence-electron chi connectivity index (χ2n) is 5.38. The number of esters is 1. The zero-order valence-electron chi connectivity index (χ0n) is 12.9. The summed E-state index contributed by atoms with van der Waals surface area (Å²) in [6, 6.07) is -2.26. The average Bonchev–Trinajstić information content (AvgIpc) is 2.92. The molecule has 3 atom stereocenters. The van der Waals surface area contributed by atoms with Crippen LogP contribution in [0.15, 0.2) is 12.2 Å². The van der Waals surface area contributed by atoms with E-state index in [1.54, 1.807) is 0 Å². The van der Waals surface area contributed by atoms with Crippen LogP contribution in [0.4, 0.5) is 0 Å². The molecule has 3 unspecified atom stereocenters. The second kappa shape index (κ2) is 7.83. The number of nitrogens with zero attached hydrogens (tertiary/aromatic N) is 2. The van der Waals surface area contributed by atoms with Crippen LogP contribution >= 0.6 is 23.2 Å². The Morgan fingerprint density at radius 3 is 2.44 bits per heavy atom. The lowest BCUT2D eigenvalue weighted by atomic mass is 9.99. The molecule has 0 bridgehead atoms. The maximum atomic E-state index is 12.4. The van der Waals surface area contributed by atoms with Crippen LogP contribution in [0.25, 0.3) is 0 Å². The molecule has 2 aliphatic heterocycles. The van der Waals surface area contributed by atoms with Crippen molar-refractivity contribution in [3.05, 3.63) is 12.2 Å². The number of alkyl halides is 2. The molecule has 0 saturated carbocycles. The van der Waals surface area contributed by atoms with Crippen molar-refractivity contribution in [1.82, 2.24) is 15.1 Å². The van der Waals surface area contributed by atoms with Crippen molar-refractivity contribution >= 4 is 53.3 Å². The number of imide groups is 1. The average molecular weight is 392 g/mol. The Labute approximate surface area is 152 Å². The third kappa shape index (κ3) is 3.62. The first kappa shape index (κ1) is 19.2. The van der Waals surface area contributed by atoms with Crippen molar-refractivity contribution in [3.8, 4) is 0 Å². The lowest BCUT2D eigenvalue weighted by Crippen LogP contribution is -2.71. The van der Waals surface area contributed by atoms with E-state index in [0.29, 0.717) is 6.41 Å². The predicted molar refractivity (Wildman–Crippen MR) is 85.2 cm³/mol. The number of likely N-dealkylation sites (tertiary alicyclic amines) is 2. The third-order valence-electron chi connectivity index (χ3n) is 3.86. The zero-order chi connectivity index (χ0) is 18.7. The summed E-state index contributed by atoms with van der Waals surface area (Å²) in [6.07, 6.45) is 0.437. The molecular formula is C14H15Cl2N3O6. The molecule has 2 fully saturated rings. The number of rotatable bonds is 8. The molecule has 11 heteroatoms. The number of hydrogen-bond donors (Lipinski definition) is 1. The summed E-state index contributed by atoms with van der Waals surface area (Å²) >= 11 is 11.7. The molecular weight excluding hydrogens is 377 g/mol. The van der Waals surface area contributed by atoms with Crippen LogP contribution in [0.5, 0.6) is 0 Å². The number of amides is 4. The van der Waals surface area contributed by atoms with Crippen molar-refractivity contribution in [3.63, 3.8) is 0 Å². The van der Waals surface area contributed by atoms with Gasteiger partial charge in [0.2, 0.25) is 18.2 Å².